The molecule has 0 heterocycles. The minimum Gasteiger partial charge on any atom is -0.377 e. The van der Waals surface area contributed by atoms with Crippen molar-refractivity contribution >= 4 is 24.7 Å². The number of halogens is 1. The van der Waals surface area contributed by atoms with Gasteiger partial charge >= 0.3 is 8.80 Å². The van der Waals surface area contributed by atoms with Crippen molar-refractivity contribution in [2.45, 2.75) is 24.2 Å². The summed E-state index contributed by atoms with van der Waals surface area (Å²) in [6.07, 6.45) is 1.00. The van der Waals surface area contributed by atoms with Gasteiger partial charge in [-0.25, -0.2) is 0 Å². The minimum atomic E-state index is -2.31. The van der Waals surface area contributed by atoms with Gasteiger partial charge in [-0.15, -0.1) is 0 Å². The lowest BCUT2D eigenvalue weighted by molar-refractivity contribution is 0.123. The lowest BCUT2D eigenvalue weighted by Gasteiger charge is -2.24. The monoisotopic (exact) mass is 256 g/mol. The molecule has 5 heteroatoms. The van der Waals surface area contributed by atoms with Crippen molar-refractivity contribution < 1.29 is 13.3 Å². The second-order valence-corrected chi connectivity index (χ2v) is 7.27. The highest BCUT2D eigenvalue weighted by Crippen LogP contribution is 2.18. The van der Waals surface area contributed by atoms with Gasteiger partial charge in [0.25, 0.3) is 0 Å². The van der Waals surface area contributed by atoms with Gasteiger partial charge in [0, 0.05) is 32.2 Å². The van der Waals surface area contributed by atoms with Crippen molar-refractivity contribution in [3.63, 3.8) is 0 Å². The first kappa shape index (κ1) is 12.6. The predicted molar refractivity (Wildman–Crippen MR) is 54.6 cm³/mol. The number of alkyl halides is 1. The molecule has 0 rings (SSSR count). The Morgan fingerprint density at radius 1 is 1.17 bits per heavy atom. The van der Waals surface area contributed by atoms with Crippen LogP contribution in [0.5, 0.6) is 0 Å². The van der Waals surface area contributed by atoms with Gasteiger partial charge in [-0.2, -0.15) is 0 Å². The SMILES string of the molecule is CO[Si](CCC(C)Br)(OC)OC. The molecule has 0 radical (unpaired) electrons. The second-order valence-electron chi connectivity index (χ2n) is 2.61. The van der Waals surface area contributed by atoms with Crippen molar-refractivity contribution in [2.75, 3.05) is 21.3 Å². The Hall–Kier alpha value is 0.577. The van der Waals surface area contributed by atoms with Crippen LogP contribution in [-0.4, -0.2) is 35.0 Å². The van der Waals surface area contributed by atoms with E-state index >= 15 is 0 Å². The fourth-order valence-electron chi connectivity index (χ4n) is 0.932. The van der Waals surface area contributed by atoms with Gasteiger partial charge in [-0.1, -0.05) is 22.9 Å². The standard InChI is InChI=1S/C7H17BrO3Si/c1-7(8)5-6-12(9-2,10-3)11-4/h7H,5-6H2,1-4H3. The zero-order valence-corrected chi connectivity index (χ0v) is 10.7. The molecule has 0 N–H and O–H groups in total. The molecule has 74 valence electrons. The Balaban J connectivity index is 3.93. The molecule has 12 heavy (non-hydrogen) atoms. The molecule has 1 unspecified atom stereocenters. The molecular formula is C7H17BrO3Si. The summed E-state index contributed by atoms with van der Waals surface area (Å²) in [6, 6.07) is 0.850. The summed E-state index contributed by atoms with van der Waals surface area (Å²) >= 11 is 3.47. The van der Waals surface area contributed by atoms with E-state index in [0.29, 0.717) is 4.83 Å². The van der Waals surface area contributed by atoms with E-state index in [1.165, 1.54) is 0 Å². The Morgan fingerprint density at radius 3 is 1.83 bits per heavy atom. The summed E-state index contributed by atoms with van der Waals surface area (Å²) in [5.74, 6) is 0. The smallest absolute Gasteiger partial charge is 0.377 e. The Labute approximate surface area is 83.9 Å². The Morgan fingerprint density at radius 2 is 1.58 bits per heavy atom. The third-order valence-electron chi connectivity index (χ3n) is 1.78. The summed E-state index contributed by atoms with van der Waals surface area (Å²) in [4.78, 5) is 0.477. The Bertz CT molecular complexity index is 109. The predicted octanol–water partition coefficient (Wildman–Crippen LogP) is 2.04. The molecule has 0 aromatic heterocycles. The zero-order chi connectivity index (χ0) is 9.61. The maximum atomic E-state index is 5.26. The van der Waals surface area contributed by atoms with Gasteiger partial charge in [-0.3, -0.25) is 0 Å². The minimum absolute atomic E-state index is 0.477. The van der Waals surface area contributed by atoms with E-state index < -0.39 is 8.80 Å². The fourth-order valence-corrected chi connectivity index (χ4v) is 3.48. The Kier molecular flexibility index (Phi) is 6.39. The van der Waals surface area contributed by atoms with Crippen molar-refractivity contribution in [3.8, 4) is 0 Å². The molecule has 0 aromatic rings. The van der Waals surface area contributed by atoms with Crippen LogP contribution in [0.3, 0.4) is 0 Å². The van der Waals surface area contributed by atoms with Crippen LogP contribution in [0.2, 0.25) is 6.04 Å². The molecule has 3 nitrogen and oxygen atoms in total. The summed E-state index contributed by atoms with van der Waals surface area (Å²) < 4.78 is 15.8. The molecule has 0 bridgehead atoms. The van der Waals surface area contributed by atoms with Crippen molar-refractivity contribution in [3.05, 3.63) is 0 Å². The molecule has 1 atom stereocenters. The number of hydrogen-bond donors (Lipinski definition) is 0. The van der Waals surface area contributed by atoms with Gasteiger partial charge in [0.2, 0.25) is 0 Å². The van der Waals surface area contributed by atoms with Crippen LogP contribution in [0.4, 0.5) is 0 Å². The molecule has 0 spiro atoms. The van der Waals surface area contributed by atoms with E-state index in [1.54, 1.807) is 21.3 Å². The van der Waals surface area contributed by atoms with E-state index in [9.17, 15) is 0 Å². The average molecular weight is 257 g/mol. The molecule has 0 aromatic carbocycles. The van der Waals surface area contributed by atoms with Crippen molar-refractivity contribution in [1.29, 1.82) is 0 Å². The van der Waals surface area contributed by atoms with Gasteiger partial charge in [0.05, 0.1) is 0 Å². The van der Waals surface area contributed by atoms with E-state index in [2.05, 4.69) is 22.9 Å². The first-order valence-electron chi connectivity index (χ1n) is 3.89. The fraction of sp³-hybridized carbons (Fsp3) is 1.00. The molecule has 0 aliphatic heterocycles. The van der Waals surface area contributed by atoms with Crippen LogP contribution in [0.1, 0.15) is 13.3 Å². The molecular weight excluding hydrogens is 240 g/mol. The van der Waals surface area contributed by atoms with Crippen LogP contribution in [0.15, 0.2) is 0 Å². The topological polar surface area (TPSA) is 27.7 Å². The van der Waals surface area contributed by atoms with Gasteiger partial charge < -0.3 is 13.3 Å². The maximum Gasteiger partial charge on any atom is 0.500 e. The van der Waals surface area contributed by atoms with Crippen LogP contribution >= 0.6 is 15.9 Å². The molecule has 0 saturated heterocycles. The third kappa shape index (κ3) is 4.00. The quantitative estimate of drug-likeness (QED) is 0.538. The second kappa shape index (κ2) is 6.10. The zero-order valence-electron chi connectivity index (χ0n) is 8.09. The van der Waals surface area contributed by atoms with Crippen molar-refractivity contribution in [2.24, 2.45) is 0 Å². The van der Waals surface area contributed by atoms with Crippen LogP contribution in [0.25, 0.3) is 0 Å². The van der Waals surface area contributed by atoms with E-state index in [4.69, 9.17) is 13.3 Å². The van der Waals surface area contributed by atoms with Crippen LogP contribution < -0.4 is 0 Å². The van der Waals surface area contributed by atoms with Crippen LogP contribution in [0, 0.1) is 0 Å². The molecule has 0 fully saturated rings. The van der Waals surface area contributed by atoms with Crippen LogP contribution in [-0.2, 0) is 13.3 Å². The lowest BCUT2D eigenvalue weighted by atomic mass is 10.4. The van der Waals surface area contributed by atoms with E-state index in [-0.39, 0.29) is 0 Å². The number of rotatable bonds is 6. The highest BCUT2D eigenvalue weighted by Gasteiger charge is 2.37. The largest absolute Gasteiger partial charge is 0.500 e. The van der Waals surface area contributed by atoms with Gasteiger partial charge in [0.15, 0.2) is 0 Å². The molecule has 0 aliphatic rings. The maximum absolute atomic E-state index is 5.26. The summed E-state index contributed by atoms with van der Waals surface area (Å²) in [6.45, 7) is 2.10. The highest BCUT2D eigenvalue weighted by atomic mass is 79.9. The first-order chi connectivity index (χ1) is 5.60. The summed E-state index contributed by atoms with van der Waals surface area (Å²) in [7, 11) is 2.60. The van der Waals surface area contributed by atoms with E-state index in [0.717, 1.165) is 12.5 Å². The molecule has 0 aliphatic carbocycles. The summed E-state index contributed by atoms with van der Waals surface area (Å²) in [5, 5.41) is 0. The molecule has 0 amide bonds. The molecule has 0 saturated carbocycles. The lowest BCUT2D eigenvalue weighted by Crippen LogP contribution is -2.42. The van der Waals surface area contributed by atoms with E-state index in [1.807, 2.05) is 0 Å². The first-order valence-corrected chi connectivity index (χ1v) is 6.74. The highest BCUT2D eigenvalue weighted by molar-refractivity contribution is 9.09. The normalized spacial score (nSPS) is 14.8. The summed E-state index contributed by atoms with van der Waals surface area (Å²) in [5.41, 5.74) is 0. The van der Waals surface area contributed by atoms with Crippen molar-refractivity contribution in [1.82, 2.24) is 0 Å². The average Bonchev–Trinajstić information content (AvgIpc) is 2.08. The third-order valence-corrected chi connectivity index (χ3v) is 5.01. The van der Waals surface area contributed by atoms with Gasteiger partial charge in [-0.05, 0) is 6.42 Å². The van der Waals surface area contributed by atoms with Gasteiger partial charge in [0.1, 0.15) is 0 Å². The number of hydrogen-bond acceptors (Lipinski definition) is 3.